The number of piperidine rings is 1. The van der Waals surface area contributed by atoms with Gasteiger partial charge in [-0.05, 0) is 19.9 Å². The van der Waals surface area contributed by atoms with Crippen LogP contribution in [0.4, 0.5) is 8.78 Å². The van der Waals surface area contributed by atoms with E-state index >= 15 is 0 Å². The summed E-state index contributed by atoms with van der Waals surface area (Å²) in [6.45, 7) is 0. The van der Waals surface area contributed by atoms with Crippen molar-refractivity contribution in [3.63, 3.8) is 0 Å². The lowest BCUT2D eigenvalue weighted by Crippen LogP contribution is -2.43. The normalized spacial score (nSPS) is 38.1. The van der Waals surface area contributed by atoms with Gasteiger partial charge in [-0.1, -0.05) is 6.42 Å². The van der Waals surface area contributed by atoms with Crippen molar-refractivity contribution in [1.29, 1.82) is 0 Å². The molecule has 4 heteroatoms. The summed E-state index contributed by atoms with van der Waals surface area (Å²) in [5.74, 6) is -3.95. The van der Waals surface area contributed by atoms with Crippen LogP contribution in [-0.4, -0.2) is 35.7 Å². The maximum Gasteiger partial charge on any atom is 0.306 e. The third kappa shape index (κ3) is 1.56. The van der Waals surface area contributed by atoms with Gasteiger partial charge in [0.2, 0.25) is 5.78 Å². The van der Waals surface area contributed by atoms with Gasteiger partial charge in [0.05, 0.1) is 0 Å². The first-order chi connectivity index (χ1) is 6.50. The highest BCUT2D eigenvalue weighted by Crippen LogP contribution is 2.36. The molecule has 2 fully saturated rings. The molecular weight excluding hydrogens is 188 g/mol. The number of carbonyl (C=O) groups excluding carboxylic acids is 1. The Kier molecular flexibility index (Phi) is 2.33. The van der Waals surface area contributed by atoms with Crippen molar-refractivity contribution in [3.05, 3.63) is 0 Å². The van der Waals surface area contributed by atoms with E-state index in [0.29, 0.717) is 0 Å². The van der Waals surface area contributed by atoms with Crippen molar-refractivity contribution < 1.29 is 13.6 Å². The van der Waals surface area contributed by atoms with E-state index in [9.17, 15) is 13.6 Å². The number of rotatable bonds is 0. The lowest BCUT2D eigenvalue weighted by molar-refractivity contribution is -0.143. The first-order valence-corrected chi connectivity index (χ1v) is 5.14. The molecule has 2 nitrogen and oxygen atoms in total. The molecule has 0 aromatic heterocycles. The standard InChI is InChI=1S/C10H15F2NO/c1-13-7-3-2-4-8(13)6-10(11,12)9(14)5-7/h7-8H,2-6H2,1H3. The summed E-state index contributed by atoms with van der Waals surface area (Å²) in [5.41, 5.74) is 0. The monoisotopic (exact) mass is 203 g/mol. The predicted octanol–water partition coefficient (Wildman–Crippen LogP) is 1.84. The molecule has 14 heavy (non-hydrogen) atoms. The molecule has 2 unspecified atom stereocenters. The second-order valence-electron chi connectivity index (χ2n) is 4.44. The maximum absolute atomic E-state index is 13.3. The fourth-order valence-electron chi connectivity index (χ4n) is 2.56. The van der Waals surface area contributed by atoms with Crippen molar-refractivity contribution in [2.75, 3.05) is 7.05 Å². The summed E-state index contributed by atoms with van der Waals surface area (Å²) >= 11 is 0. The van der Waals surface area contributed by atoms with E-state index < -0.39 is 11.7 Å². The van der Waals surface area contributed by atoms with E-state index in [1.807, 2.05) is 11.9 Å². The molecular formula is C10H15F2NO. The largest absolute Gasteiger partial charge is 0.306 e. The Morgan fingerprint density at radius 3 is 2.71 bits per heavy atom. The minimum Gasteiger partial charge on any atom is -0.300 e. The molecule has 2 atom stereocenters. The Bertz CT molecular complexity index is 255. The van der Waals surface area contributed by atoms with Crippen LogP contribution in [-0.2, 0) is 4.79 Å². The summed E-state index contributed by atoms with van der Waals surface area (Å²) in [6.07, 6.45) is 2.41. The summed E-state index contributed by atoms with van der Waals surface area (Å²) < 4.78 is 26.6. The number of ketones is 1. The zero-order valence-electron chi connectivity index (χ0n) is 8.30. The summed E-state index contributed by atoms with van der Waals surface area (Å²) in [7, 11) is 1.86. The Labute approximate surface area is 82.3 Å². The summed E-state index contributed by atoms with van der Waals surface area (Å²) in [6, 6.07) is -0.0511. The summed E-state index contributed by atoms with van der Waals surface area (Å²) in [4.78, 5) is 13.2. The molecule has 0 aliphatic carbocycles. The van der Waals surface area contributed by atoms with E-state index in [1.54, 1.807) is 0 Å². The predicted molar refractivity (Wildman–Crippen MR) is 48.4 cm³/mol. The molecule has 0 N–H and O–H groups in total. The van der Waals surface area contributed by atoms with Gasteiger partial charge in [0.1, 0.15) is 0 Å². The van der Waals surface area contributed by atoms with Gasteiger partial charge in [0.25, 0.3) is 0 Å². The van der Waals surface area contributed by atoms with Crippen LogP contribution in [0.2, 0.25) is 0 Å². The van der Waals surface area contributed by atoms with Gasteiger partial charge < -0.3 is 0 Å². The third-order valence-corrected chi connectivity index (χ3v) is 3.55. The van der Waals surface area contributed by atoms with Crippen LogP contribution in [0, 0.1) is 0 Å². The number of nitrogens with zero attached hydrogens (tertiary/aromatic N) is 1. The molecule has 2 saturated heterocycles. The molecule has 2 aliphatic heterocycles. The molecule has 2 rings (SSSR count). The van der Waals surface area contributed by atoms with E-state index in [1.165, 1.54) is 0 Å². The SMILES string of the molecule is CN1C2CCCC1CC(F)(F)C(=O)C2. The van der Waals surface area contributed by atoms with Gasteiger partial charge in [-0.3, -0.25) is 9.69 Å². The van der Waals surface area contributed by atoms with Crippen LogP contribution in [0.25, 0.3) is 0 Å². The fourth-order valence-corrected chi connectivity index (χ4v) is 2.56. The minimum atomic E-state index is -3.09. The highest BCUT2D eigenvalue weighted by molar-refractivity contribution is 5.86. The number of hydrogen-bond acceptors (Lipinski definition) is 2. The smallest absolute Gasteiger partial charge is 0.300 e. The zero-order chi connectivity index (χ0) is 10.3. The van der Waals surface area contributed by atoms with Gasteiger partial charge in [-0.15, -0.1) is 0 Å². The Balaban J connectivity index is 2.24. The van der Waals surface area contributed by atoms with E-state index in [-0.39, 0.29) is 24.9 Å². The van der Waals surface area contributed by atoms with Crippen LogP contribution in [0.5, 0.6) is 0 Å². The molecule has 0 radical (unpaired) electrons. The topological polar surface area (TPSA) is 20.3 Å². The molecule has 0 spiro atoms. The highest BCUT2D eigenvalue weighted by atomic mass is 19.3. The van der Waals surface area contributed by atoms with Gasteiger partial charge in [0.15, 0.2) is 0 Å². The van der Waals surface area contributed by atoms with Gasteiger partial charge >= 0.3 is 5.92 Å². The molecule has 2 heterocycles. The Morgan fingerprint density at radius 2 is 2.00 bits per heavy atom. The second-order valence-corrected chi connectivity index (χ2v) is 4.44. The van der Waals surface area contributed by atoms with Crippen LogP contribution >= 0.6 is 0 Å². The maximum atomic E-state index is 13.3. The molecule has 0 amide bonds. The Morgan fingerprint density at radius 1 is 1.36 bits per heavy atom. The van der Waals surface area contributed by atoms with Crippen LogP contribution in [0.15, 0.2) is 0 Å². The molecule has 2 aliphatic rings. The number of halogens is 2. The first-order valence-electron chi connectivity index (χ1n) is 5.14. The first kappa shape index (κ1) is 10.0. The fraction of sp³-hybridized carbons (Fsp3) is 0.900. The van der Waals surface area contributed by atoms with Crippen molar-refractivity contribution >= 4 is 5.78 Å². The lowest BCUT2D eigenvalue weighted by atomic mass is 9.95. The van der Waals surface area contributed by atoms with Gasteiger partial charge in [0, 0.05) is 24.9 Å². The quantitative estimate of drug-likeness (QED) is 0.598. The molecule has 80 valence electrons. The zero-order valence-corrected chi connectivity index (χ0v) is 8.30. The van der Waals surface area contributed by atoms with Crippen LogP contribution in [0.3, 0.4) is 0 Å². The van der Waals surface area contributed by atoms with E-state index in [4.69, 9.17) is 0 Å². The number of Topliss-reactive ketones (excluding diaryl/α,β-unsaturated/α-hetero) is 1. The molecule has 0 aromatic carbocycles. The average molecular weight is 203 g/mol. The number of hydrogen-bond donors (Lipinski definition) is 0. The van der Waals surface area contributed by atoms with Crippen molar-refractivity contribution in [2.24, 2.45) is 0 Å². The molecule has 2 bridgehead atoms. The lowest BCUT2D eigenvalue weighted by Gasteiger charge is -2.37. The van der Waals surface area contributed by atoms with Crippen molar-refractivity contribution in [3.8, 4) is 0 Å². The Hall–Kier alpha value is -0.510. The number of fused-ring (bicyclic) bond motifs is 2. The van der Waals surface area contributed by atoms with Crippen LogP contribution < -0.4 is 0 Å². The van der Waals surface area contributed by atoms with Gasteiger partial charge in [-0.2, -0.15) is 8.78 Å². The van der Waals surface area contributed by atoms with E-state index in [0.717, 1.165) is 19.3 Å². The number of alkyl halides is 2. The number of carbonyl (C=O) groups is 1. The third-order valence-electron chi connectivity index (χ3n) is 3.55. The van der Waals surface area contributed by atoms with E-state index in [2.05, 4.69) is 0 Å². The highest BCUT2D eigenvalue weighted by Gasteiger charge is 2.47. The second kappa shape index (κ2) is 3.26. The van der Waals surface area contributed by atoms with Crippen LogP contribution in [0.1, 0.15) is 32.1 Å². The molecule has 0 aromatic rings. The van der Waals surface area contributed by atoms with Crippen molar-refractivity contribution in [2.45, 2.75) is 50.1 Å². The summed E-state index contributed by atoms with van der Waals surface area (Å²) in [5, 5.41) is 0. The van der Waals surface area contributed by atoms with Gasteiger partial charge in [-0.25, -0.2) is 0 Å². The minimum absolute atomic E-state index is 0.0278. The average Bonchev–Trinajstić information content (AvgIpc) is 2.17. The van der Waals surface area contributed by atoms with Crippen molar-refractivity contribution in [1.82, 2.24) is 4.90 Å². The molecule has 0 saturated carbocycles.